The van der Waals surface area contributed by atoms with Gasteiger partial charge < -0.3 is 14.8 Å². The maximum atomic E-state index is 13.2. The second-order valence-corrected chi connectivity index (χ2v) is 9.29. The van der Waals surface area contributed by atoms with Gasteiger partial charge in [-0.3, -0.25) is 9.59 Å². The van der Waals surface area contributed by atoms with Gasteiger partial charge in [0.25, 0.3) is 5.91 Å². The van der Waals surface area contributed by atoms with Crippen LogP contribution in [-0.4, -0.2) is 48.8 Å². The van der Waals surface area contributed by atoms with E-state index in [2.05, 4.69) is 27.1 Å². The number of rotatable bonds is 8. The summed E-state index contributed by atoms with van der Waals surface area (Å²) >= 11 is 8.91. The summed E-state index contributed by atoms with van der Waals surface area (Å²) in [5, 5.41) is 14.8. The molecule has 8 nitrogen and oxygen atoms in total. The van der Waals surface area contributed by atoms with Gasteiger partial charge >= 0.3 is 0 Å². The maximum absolute atomic E-state index is 13.2. The smallest absolute Gasteiger partial charge is 0.255 e. The molecule has 1 fully saturated rings. The number of halogens is 1. The van der Waals surface area contributed by atoms with Crippen molar-refractivity contribution < 1.29 is 9.59 Å². The van der Waals surface area contributed by atoms with Crippen molar-refractivity contribution in [2.24, 2.45) is 0 Å². The summed E-state index contributed by atoms with van der Waals surface area (Å²) in [5.74, 6) is 0.562. The molecule has 0 saturated carbocycles. The first-order chi connectivity index (χ1) is 15.6. The van der Waals surface area contributed by atoms with Crippen molar-refractivity contribution in [1.82, 2.24) is 24.6 Å². The van der Waals surface area contributed by atoms with Crippen molar-refractivity contribution in [2.75, 3.05) is 17.6 Å². The third-order valence-electron chi connectivity index (χ3n) is 4.98. The number of amides is 2. The molecular formula is C21H21ClN6O2S2. The second kappa shape index (κ2) is 10.3. The molecule has 3 aromatic rings. The molecule has 4 rings (SSSR count). The average Bonchev–Trinajstić information content (AvgIpc) is 3.54. The van der Waals surface area contributed by atoms with E-state index in [4.69, 9.17) is 11.6 Å². The first kappa shape index (κ1) is 22.5. The zero-order chi connectivity index (χ0) is 22.5. The van der Waals surface area contributed by atoms with Gasteiger partial charge in [0.05, 0.1) is 22.4 Å². The number of thioether (sulfide) groups is 1. The van der Waals surface area contributed by atoms with Crippen LogP contribution in [0, 0.1) is 0 Å². The Bertz CT molecular complexity index is 1120. The third kappa shape index (κ3) is 4.87. The SMILES string of the molecule is C=CCn1c(SCC(=O)Nc2nccs2)nnc1C1CCCN1C(=O)c1ccccc1Cl. The normalized spacial score (nSPS) is 15.7. The van der Waals surface area contributed by atoms with Crippen LogP contribution >= 0.6 is 34.7 Å². The molecule has 2 aromatic heterocycles. The molecule has 166 valence electrons. The van der Waals surface area contributed by atoms with E-state index in [1.54, 1.807) is 46.8 Å². The summed E-state index contributed by atoms with van der Waals surface area (Å²) < 4.78 is 1.91. The van der Waals surface area contributed by atoms with Gasteiger partial charge in [0.2, 0.25) is 5.91 Å². The number of thiazole rings is 1. The molecule has 0 bridgehead atoms. The van der Waals surface area contributed by atoms with Crippen LogP contribution in [0.1, 0.15) is 35.1 Å². The number of likely N-dealkylation sites (tertiary alicyclic amines) is 1. The number of aromatic nitrogens is 4. The highest BCUT2D eigenvalue weighted by atomic mass is 35.5. The molecular weight excluding hydrogens is 468 g/mol. The lowest BCUT2D eigenvalue weighted by molar-refractivity contribution is -0.113. The summed E-state index contributed by atoms with van der Waals surface area (Å²) in [4.78, 5) is 31.3. The van der Waals surface area contributed by atoms with Gasteiger partial charge in [-0.1, -0.05) is 41.6 Å². The molecule has 2 amide bonds. The van der Waals surface area contributed by atoms with Gasteiger partial charge in [0.15, 0.2) is 16.1 Å². The number of hydrogen-bond acceptors (Lipinski definition) is 7. The summed E-state index contributed by atoms with van der Waals surface area (Å²) in [5.41, 5.74) is 0.476. The van der Waals surface area contributed by atoms with E-state index in [1.165, 1.54) is 23.1 Å². The number of nitrogens with zero attached hydrogens (tertiary/aromatic N) is 5. The molecule has 0 spiro atoms. The van der Waals surface area contributed by atoms with Crippen molar-refractivity contribution in [3.63, 3.8) is 0 Å². The molecule has 32 heavy (non-hydrogen) atoms. The fraction of sp³-hybridized carbons (Fsp3) is 0.286. The first-order valence-corrected chi connectivity index (χ1v) is 12.2. The molecule has 1 aromatic carbocycles. The lowest BCUT2D eigenvalue weighted by Crippen LogP contribution is -2.32. The van der Waals surface area contributed by atoms with Crippen molar-refractivity contribution in [3.05, 3.63) is 64.9 Å². The van der Waals surface area contributed by atoms with Gasteiger partial charge in [0.1, 0.15) is 0 Å². The number of anilines is 1. The zero-order valence-electron chi connectivity index (χ0n) is 17.1. The molecule has 0 radical (unpaired) electrons. The Hall–Kier alpha value is -2.69. The predicted octanol–water partition coefficient (Wildman–Crippen LogP) is 4.28. The van der Waals surface area contributed by atoms with E-state index >= 15 is 0 Å². The van der Waals surface area contributed by atoms with Crippen molar-refractivity contribution in [3.8, 4) is 0 Å². The Labute approximate surface area is 198 Å². The van der Waals surface area contributed by atoms with E-state index in [9.17, 15) is 9.59 Å². The van der Waals surface area contributed by atoms with Crippen LogP contribution in [0.15, 0.2) is 53.7 Å². The standard InChI is InChI=1S/C21H21ClN6O2S2/c1-2-10-28-18(25-26-21(28)32-13-17(29)24-20-23-9-12-31-20)16-8-5-11-27(16)19(30)14-6-3-4-7-15(14)22/h2-4,6-7,9,12,16H,1,5,8,10-11,13H2,(H,23,24,29). The van der Waals surface area contributed by atoms with E-state index in [1.807, 2.05) is 4.57 Å². The Morgan fingerprint density at radius 3 is 2.94 bits per heavy atom. The fourth-order valence-corrected chi connectivity index (χ4v) is 5.11. The number of nitrogens with one attached hydrogen (secondary N) is 1. The average molecular weight is 489 g/mol. The van der Waals surface area contributed by atoms with Gasteiger partial charge in [-0.05, 0) is 25.0 Å². The Morgan fingerprint density at radius 1 is 1.34 bits per heavy atom. The molecule has 1 N–H and O–H groups in total. The number of benzene rings is 1. The number of allylic oxidation sites excluding steroid dienone is 1. The Kier molecular flexibility index (Phi) is 7.23. The molecule has 11 heteroatoms. The quantitative estimate of drug-likeness (QED) is 0.375. The molecule has 1 aliphatic heterocycles. The van der Waals surface area contributed by atoms with Gasteiger partial charge in [0, 0.05) is 24.7 Å². The Balaban J connectivity index is 1.52. The molecule has 3 heterocycles. The van der Waals surface area contributed by atoms with Gasteiger partial charge in [-0.2, -0.15) is 0 Å². The van der Waals surface area contributed by atoms with Crippen LogP contribution in [0.2, 0.25) is 5.02 Å². The lowest BCUT2D eigenvalue weighted by atomic mass is 10.1. The maximum Gasteiger partial charge on any atom is 0.255 e. The molecule has 1 saturated heterocycles. The summed E-state index contributed by atoms with van der Waals surface area (Å²) in [7, 11) is 0. The molecule has 1 aliphatic rings. The van der Waals surface area contributed by atoms with Crippen LogP contribution in [0.25, 0.3) is 0 Å². The minimum atomic E-state index is -0.218. The van der Waals surface area contributed by atoms with E-state index in [0.29, 0.717) is 39.8 Å². The number of carbonyl (C=O) groups is 2. The largest absolute Gasteiger partial charge is 0.328 e. The molecule has 1 unspecified atom stereocenters. The number of carbonyl (C=O) groups excluding carboxylic acids is 2. The highest BCUT2D eigenvalue weighted by Gasteiger charge is 2.35. The highest BCUT2D eigenvalue weighted by molar-refractivity contribution is 7.99. The van der Waals surface area contributed by atoms with Crippen molar-refractivity contribution >= 4 is 51.6 Å². The van der Waals surface area contributed by atoms with E-state index in [-0.39, 0.29) is 23.6 Å². The minimum Gasteiger partial charge on any atom is -0.328 e. The van der Waals surface area contributed by atoms with Crippen LogP contribution in [-0.2, 0) is 11.3 Å². The summed E-state index contributed by atoms with van der Waals surface area (Å²) in [6, 6.07) is 6.83. The topological polar surface area (TPSA) is 93.0 Å². The van der Waals surface area contributed by atoms with Crippen molar-refractivity contribution in [2.45, 2.75) is 30.6 Å². The Morgan fingerprint density at radius 2 is 2.19 bits per heavy atom. The summed E-state index contributed by atoms with van der Waals surface area (Å²) in [6.07, 6.45) is 5.03. The molecule has 0 aliphatic carbocycles. The second-order valence-electron chi connectivity index (χ2n) is 7.05. The number of hydrogen-bond donors (Lipinski definition) is 1. The van der Waals surface area contributed by atoms with Gasteiger partial charge in [-0.25, -0.2) is 4.98 Å². The van der Waals surface area contributed by atoms with Crippen LogP contribution in [0.4, 0.5) is 5.13 Å². The van der Waals surface area contributed by atoms with E-state index < -0.39 is 0 Å². The highest BCUT2D eigenvalue weighted by Crippen LogP contribution is 2.34. The first-order valence-electron chi connectivity index (χ1n) is 10.00. The minimum absolute atomic E-state index is 0.122. The van der Waals surface area contributed by atoms with Crippen LogP contribution in [0.3, 0.4) is 0 Å². The van der Waals surface area contributed by atoms with Crippen molar-refractivity contribution in [1.29, 1.82) is 0 Å². The summed E-state index contributed by atoms with van der Waals surface area (Å²) in [6.45, 7) is 4.93. The molecule has 1 atom stereocenters. The fourth-order valence-electron chi connectivity index (χ4n) is 3.59. The van der Waals surface area contributed by atoms with E-state index in [0.717, 1.165) is 12.8 Å². The van der Waals surface area contributed by atoms with Crippen LogP contribution < -0.4 is 5.32 Å². The lowest BCUT2D eigenvalue weighted by Gasteiger charge is -2.25. The van der Waals surface area contributed by atoms with Crippen LogP contribution in [0.5, 0.6) is 0 Å². The predicted molar refractivity (Wildman–Crippen MR) is 126 cm³/mol. The third-order valence-corrected chi connectivity index (χ3v) is 6.97. The zero-order valence-corrected chi connectivity index (χ0v) is 19.5. The van der Waals surface area contributed by atoms with Gasteiger partial charge in [-0.15, -0.1) is 28.1 Å². The monoisotopic (exact) mass is 488 g/mol.